The lowest BCUT2D eigenvalue weighted by Gasteiger charge is -2.31. The third-order valence-corrected chi connectivity index (χ3v) is 3.17. The molecule has 0 atom stereocenters. The third kappa shape index (κ3) is 2.68. The summed E-state index contributed by atoms with van der Waals surface area (Å²) in [6, 6.07) is 4.68. The third-order valence-electron chi connectivity index (χ3n) is 2.94. The van der Waals surface area contributed by atoms with Crippen LogP contribution < -0.4 is 4.90 Å². The van der Waals surface area contributed by atoms with Crippen LogP contribution >= 0.6 is 11.6 Å². The Kier molecular flexibility index (Phi) is 3.49. The van der Waals surface area contributed by atoms with Crippen molar-refractivity contribution in [3.8, 4) is 0 Å². The number of piperidine rings is 1. The topological polar surface area (TPSA) is 66.6 Å². The van der Waals surface area contributed by atoms with Gasteiger partial charge in [-0.05, 0) is 25.0 Å². The molecule has 1 aliphatic heterocycles. The lowest BCUT2D eigenvalue weighted by atomic mass is 10.1. The Morgan fingerprint density at radius 2 is 2.06 bits per heavy atom. The molecule has 1 aromatic rings. The molecule has 0 bridgehead atoms. The first-order valence-electron chi connectivity index (χ1n) is 5.45. The van der Waals surface area contributed by atoms with Gasteiger partial charge in [0.05, 0.1) is 11.0 Å². The van der Waals surface area contributed by atoms with Crippen LogP contribution in [0.15, 0.2) is 18.2 Å². The van der Waals surface area contributed by atoms with Crippen molar-refractivity contribution >= 4 is 23.0 Å². The van der Waals surface area contributed by atoms with E-state index in [1.165, 1.54) is 6.07 Å². The zero-order chi connectivity index (χ0) is 12.4. The number of hydrogen-bond acceptors (Lipinski definition) is 4. The Morgan fingerprint density at radius 3 is 2.65 bits per heavy atom. The first kappa shape index (κ1) is 12.1. The van der Waals surface area contributed by atoms with Crippen molar-refractivity contribution in [3.63, 3.8) is 0 Å². The molecule has 5 nitrogen and oxygen atoms in total. The Hall–Kier alpha value is -1.33. The molecule has 1 N–H and O–H groups in total. The number of rotatable bonds is 2. The molecule has 92 valence electrons. The van der Waals surface area contributed by atoms with Crippen molar-refractivity contribution in [2.24, 2.45) is 0 Å². The quantitative estimate of drug-likeness (QED) is 0.651. The molecule has 0 amide bonds. The van der Waals surface area contributed by atoms with Gasteiger partial charge in [-0.1, -0.05) is 11.6 Å². The maximum absolute atomic E-state index is 11.0. The van der Waals surface area contributed by atoms with Crippen molar-refractivity contribution in [2.45, 2.75) is 18.9 Å². The Labute approximate surface area is 104 Å². The van der Waals surface area contributed by atoms with Crippen LogP contribution in [0.2, 0.25) is 5.02 Å². The van der Waals surface area contributed by atoms with Crippen LogP contribution in [0.4, 0.5) is 11.4 Å². The minimum absolute atomic E-state index is 0.0221. The van der Waals surface area contributed by atoms with Gasteiger partial charge in [0.15, 0.2) is 0 Å². The number of halogens is 1. The van der Waals surface area contributed by atoms with Crippen LogP contribution in [-0.2, 0) is 0 Å². The van der Waals surface area contributed by atoms with Crippen LogP contribution in [0.25, 0.3) is 0 Å². The molecule has 1 aromatic carbocycles. The highest BCUT2D eigenvalue weighted by Gasteiger charge is 2.23. The molecule has 17 heavy (non-hydrogen) atoms. The van der Waals surface area contributed by atoms with Gasteiger partial charge in [0.2, 0.25) is 0 Å². The monoisotopic (exact) mass is 256 g/mol. The van der Waals surface area contributed by atoms with Gasteiger partial charge in [0.1, 0.15) is 5.69 Å². The SMILES string of the molecule is O=[N+]([O-])c1cc(Cl)ccc1N1CCC(O)CC1. The maximum Gasteiger partial charge on any atom is 0.294 e. The van der Waals surface area contributed by atoms with Crippen molar-refractivity contribution in [3.05, 3.63) is 33.3 Å². The smallest absolute Gasteiger partial charge is 0.294 e. The molecular weight excluding hydrogens is 244 g/mol. The van der Waals surface area contributed by atoms with Crippen LogP contribution in [0, 0.1) is 10.1 Å². The van der Waals surface area contributed by atoms with E-state index >= 15 is 0 Å². The molecule has 1 aliphatic rings. The summed E-state index contributed by atoms with van der Waals surface area (Å²) in [5.74, 6) is 0. The van der Waals surface area contributed by atoms with E-state index in [0.29, 0.717) is 36.6 Å². The van der Waals surface area contributed by atoms with E-state index in [4.69, 9.17) is 11.6 Å². The molecule has 1 saturated heterocycles. The fourth-order valence-corrected chi connectivity index (χ4v) is 2.18. The summed E-state index contributed by atoms with van der Waals surface area (Å²) >= 11 is 5.76. The summed E-state index contributed by atoms with van der Waals surface area (Å²) in [4.78, 5) is 12.4. The molecule has 6 heteroatoms. The van der Waals surface area contributed by atoms with Gasteiger partial charge in [-0.2, -0.15) is 0 Å². The molecule has 1 heterocycles. The van der Waals surface area contributed by atoms with E-state index in [-0.39, 0.29) is 11.8 Å². The van der Waals surface area contributed by atoms with Gasteiger partial charge in [-0.3, -0.25) is 10.1 Å². The second kappa shape index (κ2) is 4.89. The average Bonchev–Trinajstić information content (AvgIpc) is 2.30. The number of nitrogens with zero attached hydrogens (tertiary/aromatic N) is 2. The molecule has 0 radical (unpaired) electrons. The van der Waals surface area contributed by atoms with Gasteiger partial charge in [0.25, 0.3) is 5.69 Å². The van der Waals surface area contributed by atoms with Crippen molar-refractivity contribution < 1.29 is 10.0 Å². The number of benzene rings is 1. The normalized spacial score (nSPS) is 17.2. The number of anilines is 1. The Balaban J connectivity index is 2.28. The predicted octanol–water partition coefficient (Wildman–Crippen LogP) is 2.21. The maximum atomic E-state index is 11.0. The fraction of sp³-hybridized carbons (Fsp3) is 0.455. The van der Waals surface area contributed by atoms with Crippen LogP contribution in [0.1, 0.15) is 12.8 Å². The zero-order valence-corrected chi connectivity index (χ0v) is 9.93. The summed E-state index contributed by atoms with van der Waals surface area (Å²) in [7, 11) is 0. The van der Waals surface area contributed by atoms with Crippen molar-refractivity contribution in [1.29, 1.82) is 0 Å². The van der Waals surface area contributed by atoms with E-state index in [0.717, 1.165) is 0 Å². The standard InChI is InChI=1S/C11H13ClN2O3/c12-8-1-2-10(11(7-8)14(16)17)13-5-3-9(15)4-6-13/h1-2,7,9,15H,3-6H2. The Bertz CT molecular complexity index is 431. The number of nitro groups is 1. The minimum atomic E-state index is -0.424. The van der Waals surface area contributed by atoms with E-state index in [1.54, 1.807) is 12.1 Å². The van der Waals surface area contributed by atoms with Gasteiger partial charge >= 0.3 is 0 Å². The minimum Gasteiger partial charge on any atom is -0.393 e. The number of aliphatic hydroxyl groups excluding tert-OH is 1. The van der Waals surface area contributed by atoms with E-state index in [9.17, 15) is 15.2 Å². The van der Waals surface area contributed by atoms with Gasteiger partial charge in [-0.25, -0.2) is 0 Å². The lowest BCUT2D eigenvalue weighted by molar-refractivity contribution is -0.384. The van der Waals surface area contributed by atoms with Crippen molar-refractivity contribution in [1.82, 2.24) is 0 Å². The summed E-state index contributed by atoms with van der Waals surface area (Å²) < 4.78 is 0. The average molecular weight is 257 g/mol. The molecule has 2 rings (SSSR count). The highest BCUT2D eigenvalue weighted by atomic mass is 35.5. The molecule has 0 unspecified atom stereocenters. The van der Waals surface area contributed by atoms with Gasteiger partial charge in [0, 0.05) is 24.2 Å². The van der Waals surface area contributed by atoms with E-state index in [1.807, 2.05) is 4.90 Å². The lowest BCUT2D eigenvalue weighted by Crippen LogP contribution is -2.36. The molecule has 0 aliphatic carbocycles. The summed E-state index contributed by atoms with van der Waals surface area (Å²) in [6.07, 6.45) is 0.983. The molecule has 0 saturated carbocycles. The summed E-state index contributed by atoms with van der Waals surface area (Å²) in [6.45, 7) is 1.26. The van der Waals surface area contributed by atoms with Crippen LogP contribution in [0.3, 0.4) is 0 Å². The predicted molar refractivity (Wildman–Crippen MR) is 65.6 cm³/mol. The van der Waals surface area contributed by atoms with Gasteiger partial charge in [-0.15, -0.1) is 0 Å². The first-order valence-corrected chi connectivity index (χ1v) is 5.82. The molecule has 0 aromatic heterocycles. The number of aliphatic hydroxyl groups is 1. The fourth-order valence-electron chi connectivity index (χ4n) is 2.02. The number of nitro benzene ring substituents is 1. The Morgan fingerprint density at radius 1 is 1.41 bits per heavy atom. The molecule has 0 spiro atoms. The highest BCUT2D eigenvalue weighted by molar-refractivity contribution is 6.30. The van der Waals surface area contributed by atoms with Crippen molar-refractivity contribution in [2.75, 3.05) is 18.0 Å². The van der Waals surface area contributed by atoms with Crippen LogP contribution in [0.5, 0.6) is 0 Å². The van der Waals surface area contributed by atoms with E-state index in [2.05, 4.69) is 0 Å². The summed E-state index contributed by atoms with van der Waals surface area (Å²) in [5, 5.41) is 20.7. The van der Waals surface area contributed by atoms with Crippen LogP contribution in [-0.4, -0.2) is 29.2 Å². The second-order valence-corrected chi connectivity index (χ2v) is 4.54. The number of hydrogen-bond donors (Lipinski definition) is 1. The van der Waals surface area contributed by atoms with Gasteiger partial charge < -0.3 is 10.0 Å². The largest absolute Gasteiger partial charge is 0.393 e. The second-order valence-electron chi connectivity index (χ2n) is 4.11. The first-order chi connectivity index (χ1) is 8.08. The molecular formula is C11H13ClN2O3. The summed E-state index contributed by atoms with van der Waals surface area (Å²) in [5.41, 5.74) is 0.597. The van der Waals surface area contributed by atoms with E-state index < -0.39 is 4.92 Å². The highest BCUT2D eigenvalue weighted by Crippen LogP contribution is 2.32. The molecule has 1 fully saturated rings. The zero-order valence-electron chi connectivity index (χ0n) is 9.17.